The lowest BCUT2D eigenvalue weighted by molar-refractivity contribution is 0.0567. The molecule has 2 aromatic carbocycles. The number of hydrogen-bond acceptors (Lipinski definition) is 8. The molecular weight excluding hydrogens is 528 g/mol. The van der Waals surface area contributed by atoms with E-state index in [0.717, 1.165) is 5.56 Å². The van der Waals surface area contributed by atoms with Crippen molar-refractivity contribution in [3.8, 4) is 23.0 Å². The van der Waals surface area contributed by atoms with Gasteiger partial charge in [-0.25, -0.2) is 4.79 Å². The van der Waals surface area contributed by atoms with Gasteiger partial charge in [-0.15, -0.1) is 11.6 Å². The van der Waals surface area contributed by atoms with Crippen molar-refractivity contribution in [2.24, 2.45) is 5.92 Å². The van der Waals surface area contributed by atoms with Crippen LogP contribution in [0.3, 0.4) is 0 Å². The normalized spacial score (nSPS) is 14.4. The monoisotopic (exact) mass is 558 g/mol. The summed E-state index contributed by atoms with van der Waals surface area (Å²) < 4.78 is 26.8. The number of carbonyl (C=O) groups excluding carboxylic acids is 2. The minimum absolute atomic E-state index is 0.0438. The van der Waals surface area contributed by atoms with Gasteiger partial charge in [0.05, 0.1) is 39.6 Å². The number of carbonyl (C=O) groups is 2. The van der Waals surface area contributed by atoms with Gasteiger partial charge in [-0.1, -0.05) is 13.8 Å². The van der Waals surface area contributed by atoms with E-state index >= 15 is 0 Å². The van der Waals surface area contributed by atoms with Crippen LogP contribution in [0.2, 0.25) is 0 Å². The lowest BCUT2D eigenvalue weighted by Gasteiger charge is -2.34. The zero-order valence-electron chi connectivity index (χ0n) is 22.6. The van der Waals surface area contributed by atoms with Gasteiger partial charge >= 0.3 is 5.97 Å². The van der Waals surface area contributed by atoms with E-state index in [1.807, 2.05) is 13.8 Å². The number of methoxy groups -OCH3 is 4. The number of aromatic nitrogens is 1. The highest BCUT2D eigenvalue weighted by Crippen LogP contribution is 2.45. The van der Waals surface area contributed by atoms with E-state index in [9.17, 15) is 14.7 Å². The molecular formula is C28H31ClN2O8. The van der Waals surface area contributed by atoms with Crippen LogP contribution in [0, 0.1) is 5.92 Å². The highest BCUT2D eigenvalue weighted by Gasteiger charge is 2.33. The fourth-order valence-electron chi connectivity index (χ4n) is 4.89. The van der Waals surface area contributed by atoms with E-state index < -0.39 is 5.97 Å². The average molecular weight is 559 g/mol. The molecule has 208 valence electrons. The second kappa shape index (κ2) is 11.4. The van der Waals surface area contributed by atoms with E-state index in [2.05, 4.69) is 4.98 Å². The van der Waals surface area contributed by atoms with Crippen molar-refractivity contribution in [1.29, 1.82) is 0 Å². The summed E-state index contributed by atoms with van der Waals surface area (Å²) in [6, 6.07) is 6.45. The van der Waals surface area contributed by atoms with E-state index in [1.54, 1.807) is 17.0 Å². The van der Waals surface area contributed by atoms with Crippen molar-refractivity contribution in [2.45, 2.75) is 20.3 Å². The Bertz CT molecular complexity index is 1540. The zero-order valence-corrected chi connectivity index (χ0v) is 23.4. The molecule has 2 aromatic heterocycles. The third-order valence-corrected chi connectivity index (χ3v) is 7.03. The van der Waals surface area contributed by atoms with E-state index in [1.165, 1.54) is 40.6 Å². The minimum atomic E-state index is -0.667. The number of amides is 1. The Morgan fingerprint density at radius 1 is 1.08 bits per heavy atom. The van der Waals surface area contributed by atoms with Gasteiger partial charge in [0.1, 0.15) is 5.69 Å². The second-order valence-electron chi connectivity index (χ2n) is 8.67. The summed E-state index contributed by atoms with van der Waals surface area (Å²) in [7, 11) is 5.78. The number of benzene rings is 2. The average Bonchev–Trinajstić information content (AvgIpc) is 3.61. The molecule has 1 aliphatic rings. The summed E-state index contributed by atoms with van der Waals surface area (Å²) in [6.45, 7) is 4.33. The number of aromatic hydroxyl groups is 1. The van der Waals surface area contributed by atoms with Gasteiger partial charge in [-0.2, -0.15) is 0 Å². The summed E-state index contributed by atoms with van der Waals surface area (Å²) in [5.41, 5.74) is 2.27. The SMILES string of the molecule is CC.COC(=O)c1cc2c3c(cc(O)c2o1)N(C(=O)c1cc2cc(OC)c(OC)c(OC)c2[nH]1)C[C@H](CCl)C3. The van der Waals surface area contributed by atoms with Crippen molar-refractivity contribution in [3.63, 3.8) is 0 Å². The highest BCUT2D eigenvalue weighted by molar-refractivity contribution is 6.18. The van der Waals surface area contributed by atoms with E-state index in [4.69, 9.17) is 35.0 Å². The van der Waals surface area contributed by atoms with Gasteiger partial charge in [-0.3, -0.25) is 4.79 Å². The van der Waals surface area contributed by atoms with Gasteiger partial charge in [0.2, 0.25) is 11.5 Å². The van der Waals surface area contributed by atoms with Crippen LogP contribution in [0.15, 0.2) is 28.7 Å². The summed E-state index contributed by atoms with van der Waals surface area (Å²) in [4.78, 5) is 30.7. The summed E-state index contributed by atoms with van der Waals surface area (Å²) >= 11 is 6.26. The van der Waals surface area contributed by atoms with Gasteiger partial charge in [-0.05, 0) is 36.1 Å². The first kappa shape index (κ1) is 28.0. The number of H-pyrrole nitrogens is 1. The lowest BCUT2D eigenvalue weighted by Crippen LogP contribution is -2.40. The molecule has 0 radical (unpaired) electrons. The maximum atomic E-state index is 13.9. The van der Waals surface area contributed by atoms with Crippen LogP contribution in [0.5, 0.6) is 23.0 Å². The van der Waals surface area contributed by atoms with Crippen molar-refractivity contribution < 1.29 is 38.1 Å². The molecule has 0 saturated carbocycles. The maximum Gasteiger partial charge on any atom is 0.373 e. The van der Waals surface area contributed by atoms with Crippen LogP contribution in [-0.4, -0.2) is 62.8 Å². The number of anilines is 1. The Morgan fingerprint density at radius 2 is 1.79 bits per heavy atom. The van der Waals surface area contributed by atoms with Gasteiger partial charge in [0.25, 0.3) is 5.91 Å². The molecule has 5 rings (SSSR count). The molecule has 0 fully saturated rings. The maximum absolute atomic E-state index is 13.9. The fourth-order valence-corrected chi connectivity index (χ4v) is 5.10. The number of esters is 1. The molecule has 0 aliphatic carbocycles. The number of nitrogens with one attached hydrogen (secondary N) is 1. The number of fused-ring (bicyclic) bond motifs is 4. The third-order valence-electron chi connectivity index (χ3n) is 6.60. The number of rotatable bonds is 6. The van der Waals surface area contributed by atoms with Gasteiger partial charge in [0, 0.05) is 29.3 Å². The summed E-state index contributed by atoms with van der Waals surface area (Å²) in [6.07, 6.45) is 0.536. The molecule has 0 spiro atoms. The number of ether oxygens (including phenoxy) is 4. The van der Waals surface area contributed by atoms with Crippen LogP contribution in [0.4, 0.5) is 5.69 Å². The van der Waals surface area contributed by atoms with Crippen molar-refractivity contribution >= 4 is 51.0 Å². The Labute approximate surface area is 230 Å². The van der Waals surface area contributed by atoms with E-state index in [0.29, 0.717) is 63.8 Å². The van der Waals surface area contributed by atoms with Crippen molar-refractivity contribution in [1.82, 2.24) is 4.98 Å². The number of halogens is 1. The molecule has 39 heavy (non-hydrogen) atoms. The van der Waals surface area contributed by atoms with Gasteiger partial charge < -0.3 is 38.4 Å². The second-order valence-corrected chi connectivity index (χ2v) is 8.98. The number of phenols is 1. The standard InChI is InChI=1S/C26H25ClN2O8.C2H6/c1-33-19-7-13-6-16(28-21(13)24(35-3)23(19)34-2)25(31)29-11-12(10-27)5-14-15-8-20(26(32)36-4)37-22(15)18(30)9-17(14)29;1-2/h6-9,12,28,30H,5,10-11H2,1-4H3;1-2H3/t12-;/m0./s1. The Hall–Kier alpha value is -4.05. The predicted octanol–water partition coefficient (Wildman–Crippen LogP) is 5.52. The molecule has 4 aromatic rings. The smallest absolute Gasteiger partial charge is 0.373 e. The van der Waals surface area contributed by atoms with Crippen LogP contribution in [0.1, 0.15) is 40.5 Å². The number of nitrogens with zero attached hydrogens (tertiary/aromatic N) is 1. The van der Waals surface area contributed by atoms with Crippen molar-refractivity contribution in [3.05, 3.63) is 41.3 Å². The number of furan rings is 1. The van der Waals surface area contributed by atoms with Crippen LogP contribution >= 0.6 is 11.6 Å². The lowest BCUT2D eigenvalue weighted by atomic mass is 9.90. The molecule has 3 heterocycles. The van der Waals surface area contributed by atoms with Crippen molar-refractivity contribution in [2.75, 3.05) is 45.8 Å². The molecule has 11 heteroatoms. The summed E-state index contributed by atoms with van der Waals surface area (Å²) in [5, 5.41) is 11.9. The molecule has 1 atom stereocenters. The first-order valence-electron chi connectivity index (χ1n) is 12.4. The molecule has 1 aliphatic heterocycles. The van der Waals surface area contributed by atoms with Crippen LogP contribution in [0.25, 0.3) is 21.9 Å². The zero-order chi connectivity index (χ0) is 28.4. The largest absolute Gasteiger partial charge is 0.504 e. The third kappa shape index (κ3) is 4.69. The Balaban J connectivity index is 0.00000172. The topological polar surface area (TPSA) is 123 Å². The molecule has 2 N–H and O–H groups in total. The molecule has 1 amide bonds. The number of hydrogen-bond donors (Lipinski definition) is 2. The molecule has 10 nitrogen and oxygen atoms in total. The predicted molar refractivity (Wildman–Crippen MR) is 148 cm³/mol. The quantitative estimate of drug-likeness (QED) is 0.234. The van der Waals surface area contributed by atoms with E-state index in [-0.39, 0.29) is 28.9 Å². The summed E-state index contributed by atoms with van der Waals surface area (Å²) in [5.74, 6) is 0.270. The number of aromatic amines is 1. The highest BCUT2D eigenvalue weighted by atomic mass is 35.5. The number of phenolic OH excluding ortho intramolecular Hbond substituents is 1. The first-order chi connectivity index (χ1) is 18.8. The molecule has 0 unspecified atom stereocenters. The Morgan fingerprint density at radius 3 is 2.41 bits per heavy atom. The Kier molecular flexibility index (Phi) is 8.15. The molecule has 0 bridgehead atoms. The first-order valence-corrected chi connectivity index (χ1v) is 12.9. The number of alkyl halides is 1. The fraction of sp³-hybridized carbons (Fsp3) is 0.357. The van der Waals surface area contributed by atoms with Crippen LogP contribution < -0.4 is 19.1 Å². The van der Waals surface area contributed by atoms with Gasteiger partial charge in [0.15, 0.2) is 22.8 Å². The molecule has 0 saturated heterocycles. The van der Waals surface area contributed by atoms with Crippen LogP contribution in [-0.2, 0) is 11.2 Å². The minimum Gasteiger partial charge on any atom is -0.504 e.